The van der Waals surface area contributed by atoms with Crippen LogP contribution in [0.4, 0.5) is 4.39 Å². The summed E-state index contributed by atoms with van der Waals surface area (Å²) in [5.41, 5.74) is 0.241. The number of nitrogens with zero attached hydrogens (tertiary/aromatic N) is 1. The van der Waals surface area contributed by atoms with Gasteiger partial charge < -0.3 is 4.74 Å². The molecule has 0 aromatic heterocycles. The number of hydrogen-bond donors (Lipinski definition) is 0. The van der Waals surface area contributed by atoms with Crippen LogP contribution in [0.3, 0.4) is 0 Å². The lowest BCUT2D eigenvalue weighted by Crippen LogP contribution is -2.48. The lowest BCUT2D eigenvalue weighted by atomic mass is 10.0. The molecule has 0 spiro atoms. The zero-order valence-electron chi connectivity index (χ0n) is 12.0. The maximum atomic E-state index is 13.7. The van der Waals surface area contributed by atoms with Crippen LogP contribution < -0.4 is 0 Å². The Labute approximate surface area is 125 Å². The molecule has 0 amide bonds. The molecule has 0 aliphatic carbocycles. The first-order valence-electron chi connectivity index (χ1n) is 7.28. The maximum absolute atomic E-state index is 13.7. The highest BCUT2D eigenvalue weighted by molar-refractivity contribution is 7.88. The average Bonchev–Trinajstić information content (AvgIpc) is 2.74. The minimum absolute atomic E-state index is 0.00507. The van der Waals surface area contributed by atoms with Gasteiger partial charge in [0, 0.05) is 24.8 Å². The van der Waals surface area contributed by atoms with Crippen molar-refractivity contribution >= 4 is 10.0 Å². The minimum Gasteiger partial charge on any atom is -0.381 e. The highest BCUT2D eigenvalue weighted by Gasteiger charge is 2.46. The summed E-state index contributed by atoms with van der Waals surface area (Å²) in [5, 5.41) is 0. The standard InChI is InChI=1S/C15H20FNO3S/c1-20-14-8-12-6-7-13(9-14)17(12)21(18,19)10-11-4-2-3-5-15(11)16/h2-5,12-14H,6-10H2,1H3. The number of piperidine rings is 1. The summed E-state index contributed by atoms with van der Waals surface area (Å²) in [6, 6.07) is 6.09. The Bertz CT molecular complexity index is 605. The lowest BCUT2D eigenvalue weighted by Gasteiger charge is -2.37. The molecule has 21 heavy (non-hydrogen) atoms. The average molecular weight is 313 g/mol. The molecular formula is C15H20FNO3S. The van der Waals surface area contributed by atoms with Gasteiger partial charge >= 0.3 is 0 Å². The summed E-state index contributed by atoms with van der Waals surface area (Å²) in [5.74, 6) is -0.718. The van der Waals surface area contributed by atoms with Crippen molar-refractivity contribution in [1.82, 2.24) is 4.31 Å². The van der Waals surface area contributed by atoms with E-state index in [1.165, 1.54) is 12.1 Å². The predicted molar refractivity (Wildman–Crippen MR) is 77.7 cm³/mol. The molecule has 0 saturated carbocycles. The fourth-order valence-electron chi connectivity index (χ4n) is 3.62. The van der Waals surface area contributed by atoms with Gasteiger partial charge in [0.15, 0.2) is 0 Å². The molecule has 0 radical (unpaired) electrons. The third kappa shape index (κ3) is 2.84. The fraction of sp³-hybridized carbons (Fsp3) is 0.600. The van der Waals surface area contributed by atoms with Crippen molar-refractivity contribution in [2.24, 2.45) is 0 Å². The summed E-state index contributed by atoms with van der Waals surface area (Å²) in [6.07, 6.45) is 3.37. The maximum Gasteiger partial charge on any atom is 0.218 e. The molecule has 3 rings (SSSR count). The second-order valence-electron chi connectivity index (χ2n) is 5.89. The van der Waals surface area contributed by atoms with Crippen LogP contribution in [-0.4, -0.2) is 38.0 Å². The van der Waals surface area contributed by atoms with Crippen molar-refractivity contribution in [3.63, 3.8) is 0 Å². The molecule has 6 heteroatoms. The molecule has 2 saturated heterocycles. The van der Waals surface area contributed by atoms with E-state index in [4.69, 9.17) is 4.74 Å². The summed E-state index contributed by atoms with van der Waals surface area (Å²) >= 11 is 0. The van der Waals surface area contributed by atoms with Crippen LogP contribution in [0.2, 0.25) is 0 Å². The highest BCUT2D eigenvalue weighted by atomic mass is 32.2. The number of halogens is 1. The summed E-state index contributed by atoms with van der Waals surface area (Å²) in [6.45, 7) is 0. The predicted octanol–water partition coefficient (Wildman–Crippen LogP) is 2.30. The van der Waals surface area contributed by atoms with Crippen molar-refractivity contribution in [1.29, 1.82) is 0 Å². The minimum atomic E-state index is -3.49. The Kier molecular flexibility index (Phi) is 4.03. The topological polar surface area (TPSA) is 46.6 Å². The van der Waals surface area contributed by atoms with Crippen molar-refractivity contribution in [2.75, 3.05) is 7.11 Å². The van der Waals surface area contributed by atoms with Crippen LogP contribution in [-0.2, 0) is 20.5 Å². The van der Waals surface area contributed by atoms with E-state index >= 15 is 0 Å². The molecule has 2 aliphatic rings. The lowest BCUT2D eigenvalue weighted by molar-refractivity contribution is 0.0349. The van der Waals surface area contributed by atoms with E-state index in [0.717, 1.165) is 25.7 Å². The number of methoxy groups -OCH3 is 1. The second-order valence-corrected chi connectivity index (χ2v) is 7.77. The number of fused-ring (bicyclic) bond motifs is 2. The Morgan fingerprint density at radius 3 is 2.43 bits per heavy atom. The van der Waals surface area contributed by atoms with E-state index < -0.39 is 15.8 Å². The first kappa shape index (κ1) is 14.9. The molecule has 2 atom stereocenters. The number of sulfonamides is 1. The van der Waals surface area contributed by atoms with Gasteiger partial charge in [-0.25, -0.2) is 12.8 Å². The van der Waals surface area contributed by atoms with E-state index in [1.807, 2.05) is 0 Å². The molecule has 2 bridgehead atoms. The quantitative estimate of drug-likeness (QED) is 0.857. The summed E-state index contributed by atoms with van der Waals surface area (Å²) in [7, 11) is -1.81. The molecule has 116 valence electrons. The Balaban J connectivity index is 1.82. The van der Waals surface area contributed by atoms with Gasteiger partial charge in [-0.2, -0.15) is 4.31 Å². The first-order chi connectivity index (χ1) is 10.0. The van der Waals surface area contributed by atoms with Crippen LogP contribution in [0, 0.1) is 5.82 Å². The monoisotopic (exact) mass is 313 g/mol. The van der Waals surface area contributed by atoms with E-state index in [2.05, 4.69) is 0 Å². The van der Waals surface area contributed by atoms with E-state index in [9.17, 15) is 12.8 Å². The van der Waals surface area contributed by atoms with Crippen LogP contribution in [0.5, 0.6) is 0 Å². The fourth-order valence-corrected chi connectivity index (χ4v) is 5.68. The smallest absolute Gasteiger partial charge is 0.218 e. The molecule has 2 unspecified atom stereocenters. The van der Waals surface area contributed by atoms with Crippen molar-refractivity contribution < 1.29 is 17.5 Å². The van der Waals surface area contributed by atoms with E-state index in [0.29, 0.717) is 0 Å². The molecule has 2 heterocycles. The van der Waals surface area contributed by atoms with Crippen LogP contribution in [0.1, 0.15) is 31.2 Å². The Morgan fingerprint density at radius 2 is 1.86 bits per heavy atom. The van der Waals surface area contributed by atoms with Gasteiger partial charge in [-0.15, -0.1) is 0 Å². The van der Waals surface area contributed by atoms with Crippen molar-refractivity contribution in [3.05, 3.63) is 35.6 Å². The number of hydrogen-bond acceptors (Lipinski definition) is 3. The number of rotatable bonds is 4. The number of ether oxygens (including phenoxy) is 1. The Morgan fingerprint density at radius 1 is 1.24 bits per heavy atom. The van der Waals surface area contributed by atoms with Gasteiger partial charge in [-0.3, -0.25) is 0 Å². The van der Waals surface area contributed by atoms with Crippen LogP contribution in [0.25, 0.3) is 0 Å². The molecule has 0 N–H and O–H groups in total. The van der Waals surface area contributed by atoms with Gasteiger partial charge in [0.05, 0.1) is 11.9 Å². The second kappa shape index (κ2) is 5.66. The zero-order chi connectivity index (χ0) is 15.0. The third-order valence-corrected chi connectivity index (χ3v) is 6.49. The molecule has 2 fully saturated rings. The van der Waals surface area contributed by atoms with Gasteiger partial charge in [-0.1, -0.05) is 18.2 Å². The SMILES string of the molecule is COC1CC2CCC(C1)N2S(=O)(=O)Cc1ccccc1F. The van der Waals surface area contributed by atoms with Crippen molar-refractivity contribution in [2.45, 2.75) is 49.6 Å². The molecular weight excluding hydrogens is 293 g/mol. The van der Waals surface area contributed by atoms with Gasteiger partial charge in [0.2, 0.25) is 10.0 Å². The summed E-state index contributed by atoms with van der Waals surface area (Å²) in [4.78, 5) is 0. The van der Waals surface area contributed by atoms with Crippen LogP contribution >= 0.6 is 0 Å². The summed E-state index contributed by atoms with van der Waals surface area (Å²) < 4.78 is 46.1. The molecule has 1 aromatic carbocycles. The molecule has 4 nitrogen and oxygen atoms in total. The van der Waals surface area contributed by atoms with Gasteiger partial charge in [-0.05, 0) is 31.7 Å². The third-order valence-electron chi connectivity index (χ3n) is 4.57. The zero-order valence-corrected chi connectivity index (χ0v) is 12.9. The largest absolute Gasteiger partial charge is 0.381 e. The molecule has 1 aromatic rings. The highest BCUT2D eigenvalue weighted by Crippen LogP contribution is 2.39. The van der Waals surface area contributed by atoms with Crippen LogP contribution in [0.15, 0.2) is 24.3 Å². The Hall–Kier alpha value is -0.980. The molecule has 2 aliphatic heterocycles. The number of benzene rings is 1. The van der Waals surface area contributed by atoms with Crippen molar-refractivity contribution in [3.8, 4) is 0 Å². The van der Waals surface area contributed by atoms with Gasteiger partial charge in [0.1, 0.15) is 5.82 Å². The van der Waals surface area contributed by atoms with Gasteiger partial charge in [0.25, 0.3) is 0 Å². The van der Waals surface area contributed by atoms with E-state index in [1.54, 1.807) is 23.5 Å². The normalized spacial score (nSPS) is 29.7. The van der Waals surface area contributed by atoms with E-state index in [-0.39, 0.29) is 29.5 Å². The first-order valence-corrected chi connectivity index (χ1v) is 8.89.